The highest BCUT2D eigenvalue weighted by atomic mass is 16.6. The highest BCUT2D eigenvalue weighted by Gasteiger charge is 2.19. The molecule has 0 aliphatic heterocycles. The zero-order chi connectivity index (χ0) is 52.2. The average Bonchev–Trinajstić information content (AvgIpc) is 3.38. The molecule has 0 aliphatic carbocycles. The Hall–Kier alpha value is -2.63. The maximum atomic E-state index is 12.9. The van der Waals surface area contributed by atoms with E-state index >= 15 is 0 Å². The normalized spacial score (nSPS) is 12.3. The Bertz CT molecular complexity index is 1250. The van der Waals surface area contributed by atoms with Gasteiger partial charge in [-0.3, -0.25) is 14.4 Å². The Morgan fingerprint density at radius 3 is 0.792 bits per heavy atom. The molecule has 0 bridgehead atoms. The van der Waals surface area contributed by atoms with Crippen molar-refractivity contribution >= 4 is 17.9 Å². The molecule has 0 radical (unpaired) electrons. The van der Waals surface area contributed by atoms with Crippen molar-refractivity contribution in [3.63, 3.8) is 0 Å². The molecule has 0 saturated heterocycles. The molecule has 0 N–H and O–H groups in total. The van der Waals surface area contributed by atoms with Crippen molar-refractivity contribution in [1.82, 2.24) is 0 Å². The first kappa shape index (κ1) is 69.4. The Balaban J connectivity index is 4.36. The van der Waals surface area contributed by atoms with Gasteiger partial charge < -0.3 is 14.2 Å². The van der Waals surface area contributed by atoms with Gasteiger partial charge in [0.15, 0.2) is 6.10 Å². The molecule has 0 saturated carbocycles. The quantitative estimate of drug-likeness (QED) is 0.0261. The lowest BCUT2D eigenvalue weighted by molar-refractivity contribution is -0.167. The number of allylic oxidation sites excluding steroid dienone is 8. The zero-order valence-electron chi connectivity index (χ0n) is 48.2. The monoisotopic (exact) mass is 1010 g/mol. The van der Waals surface area contributed by atoms with Crippen molar-refractivity contribution in [1.29, 1.82) is 0 Å². The van der Waals surface area contributed by atoms with E-state index in [0.717, 1.165) is 77.0 Å². The van der Waals surface area contributed by atoms with Crippen molar-refractivity contribution in [2.24, 2.45) is 0 Å². The highest BCUT2D eigenvalue weighted by Crippen LogP contribution is 2.17. The second kappa shape index (κ2) is 60.9. The fourth-order valence-electron chi connectivity index (χ4n) is 9.27. The number of carbonyl (C=O) groups is 3. The lowest BCUT2D eigenvalue weighted by Crippen LogP contribution is -2.30. The summed E-state index contributed by atoms with van der Waals surface area (Å²) in [5.74, 6) is -0.865. The maximum absolute atomic E-state index is 12.9. The molecule has 0 amide bonds. The minimum absolute atomic E-state index is 0.0745. The minimum Gasteiger partial charge on any atom is -0.462 e. The lowest BCUT2D eigenvalue weighted by Gasteiger charge is -2.18. The molecule has 0 aromatic rings. The number of hydrogen-bond acceptors (Lipinski definition) is 6. The number of hydrogen-bond donors (Lipinski definition) is 0. The van der Waals surface area contributed by atoms with Gasteiger partial charge in [-0.05, 0) is 83.5 Å². The SMILES string of the molecule is CCCCC/C=C\C/C=C\CCCCCCCCCCCC(=O)OC[C@@H](COC(=O)CCCCCCCCC/C=C\C/C=C\CCCCC)OC(=O)CCCCCCCCCCCCCCCCCCCC. The van der Waals surface area contributed by atoms with Crippen LogP contribution >= 0.6 is 0 Å². The Kier molecular flexibility index (Phi) is 58.7. The van der Waals surface area contributed by atoms with Gasteiger partial charge in [0.2, 0.25) is 0 Å². The van der Waals surface area contributed by atoms with E-state index in [4.69, 9.17) is 14.2 Å². The first-order valence-corrected chi connectivity index (χ1v) is 31.6. The van der Waals surface area contributed by atoms with Gasteiger partial charge in [0, 0.05) is 19.3 Å². The molecule has 6 heteroatoms. The maximum Gasteiger partial charge on any atom is 0.306 e. The molecule has 0 unspecified atom stereocenters. The number of esters is 3. The summed E-state index contributed by atoms with van der Waals surface area (Å²) in [6.45, 7) is 6.63. The smallest absolute Gasteiger partial charge is 0.306 e. The highest BCUT2D eigenvalue weighted by molar-refractivity contribution is 5.71. The predicted octanol–water partition coefficient (Wildman–Crippen LogP) is 21.4. The molecule has 0 aromatic carbocycles. The largest absolute Gasteiger partial charge is 0.462 e. The van der Waals surface area contributed by atoms with Crippen molar-refractivity contribution in [3.8, 4) is 0 Å². The van der Waals surface area contributed by atoms with E-state index in [1.165, 1.54) is 218 Å². The van der Waals surface area contributed by atoms with E-state index in [1.807, 2.05) is 0 Å². The zero-order valence-corrected chi connectivity index (χ0v) is 48.2. The lowest BCUT2D eigenvalue weighted by atomic mass is 10.0. The third kappa shape index (κ3) is 58.3. The fourth-order valence-corrected chi connectivity index (χ4v) is 9.27. The average molecular weight is 1010 g/mol. The van der Waals surface area contributed by atoms with E-state index in [1.54, 1.807) is 0 Å². The van der Waals surface area contributed by atoms with E-state index in [9.17, 15) is 14.4 Å². The van der Waals surface area contributed by atoms with Crippen LogP contribution < -0.4 is 0 Å². The van der Waals surface area contributed by atoms with Crippen molar-refractivity contribution in [2.75, 3.05) is 13.2 Å². The summed E-state index contributed by atoms with van der Waals surface area (Å²) in [7, 11) is 0. The van der Waals surface area contributed by atoms with Crippen LogP contribution in [0, 0.1) is 0 Å². The van der Waals surface area contributed by atoms with Crippen LogP contribution in [0.1, 0.15) is 335 Å². The fraction of sp³-hybridized carbons (Fsp3) is 0.833. The Morgan fingerprint density at radius 2 is 0.500 bits per heavy atom. The van der Waals surface area contributed by atoms with Gasteiger partial charge in [-0.25, -0.2) is 0 Å². The van der Waals surface area contributed by atoms with Crippen LogP contribution in [0.25, 0.3) is 0 Å². The summed E-state index contributed by atoms with van der Waals surface area (Å²) in [5.41, 5.74) is 0. The molecule has 0 heterocycles. The summed E-state index contributed by atoms with van der Waals surface area (Å²) in [4.78, 5) is 38.3. The number of rotatable bonds is 58. The van der Waals surface area contributed by atoms with Crippen LogP contribution in [-0.2, 0) is 28.6 Å². The molecular weight excluding hydrogens is 889 g/mol. The third-order valence-electron chi connectivity index (χ3n) is 14.1. The Morgan fingerprint density at radius 1 is 0.278 bits per heavy atom. The molecule has 420 valence electrons. The summed E-state index contributed by atoms with van der Waals surface area (Å²) in [6, 6.07) is 0. The van der Waals surface area contributed by atoms with Gasteiger partial charge in [0.25, 0.3) is 0 Å². The molecule has 0 rings (SSSR count). The summed E-state index contributed by atoms with van der Waals surface area (Å²) in [6.07, 6.45) is 75.3. The van der Waals surface area contributed by atoms with Crippen LogP contribution in [0.2, 0.25) is 0 Å². The van der Waals surface area contributed by atoms with E-state index < -0.39 is 6.10 Å². The second-order valence-electron chi connectivity index (χ2n) is 21.3. The molecule has 1 atom stereocenters. The van der Waals surface area contributed by atoms with Crippen LogP contribution in [0.3, 0.4) is 0 Å². The molecule has 0 spiro atoms. The van der Waals surface area contributed by atoms with Crippen molar-refractivity contribution in [2.45, 2.75) is 341 Å². The van der Waals surface area contributed by atoms with Crippen LogP contribution in [-0.4, -0.2) is 37.2 Å². The first-order valence-electron chi connectivity index (χ1n) is 31.6. The van der Waals surface area contributed by atoms with Gasteiger partial charge in [0.1, 0.15) is 13.2 Å². The molecular formula is C66H120O6. The first-order chi connectivity index (χ1) is 35.5. The summed E-state index contributed by atoms with van der Waals surface area (Å²) >= 11 is 0. The third-order valence-corrected chi connectivity index (χ3v) is 14.1. The number of carbonyl (C=O) groups excluding carboxylic acids is 3. The van der Waals surface area contributed by atoms with Gasteiger partial charge in [0.05, 0.1) is 0 Å². The van der Waals surface area contributed by atoms with Crippen LogP contribution in [0.15, 0.2) is 48.6 Å². The van der Waals surface area contributed by atoms with Gasteiger partial charge in [-0.1, -0.05) is 281 Å². The van der Waals surface area contributed by atoms with E-state index in [2.05, 4.69) is 69.4 Å². The number of ether oxygens (including phenoxy) is 3. The topological polar surface area (TPSA) is 78.9 Å². The standard InChI is InChI=1S/C66H120O6/c1-4-7-10-13-16-19-22-25-28-31-33-36-38-41-44-47-50-53-56-59-65(68)71-62-63(61-70-64(67)58-55-52-49-46-43-40-37-34-30-27-24-21-18-15-12-9-6-3)72-66(69)60-57-54-51-48-45-42-39-35-32-29-26-23-20-17-14-11-8-5-2/h16,18-19,21,25,27-28,30,63H,4-15,17,20,22-24,26,29,31-62H2,1-3H3/b19-16-,21-18-,28-25-,30-27-/t63-/m1/s1. The summed E-state index contributed by atoms with van der Waals surface area (Å²) < 4.78 is 16.9. The molecule has 72 heavy (non-hydrogen) atoms. The molecule has 0 aromatic heterocycles. The minimum atomic E-state index is -0.777. The van der Waals surface area contributed by atoms with Gasteiger partial charge in [-0.15, -0.1) is 0 Å². The Labute approximate surface area is 448 Å². The predicted molar refractivity (Wildman–Crippen MR) is 312 cm³/mol. The van der Waals surface area contributed by atoms with Crippen LogP contribution in [0.4, 0.5) is 0 Å². The second-order valence-corrected chi connectivity index (χ2v) is 21.3. The molecule has 6 nitrogen and oxygen atoms in total. The van der Waals surface area contributed by atoms with Crippen LogP contribution in [0.5, 0.6) is 0 Å². The van der Waals surface area contributed by atoms with Crippen molar-refractivity contribution in [3.05, 3.63) is 48.6 Å². The molecule has 0 aliphatic rings. The summed E-state index contributed by atoms with van der Waals surface area (Å²) in [5, 5.41) is 0. The molecule has 0 fully saturated rings. The van der Waals surface area contributed by atoms with Crippen molar-refractivity contribution < 1.29 is 28.6 Å². The number of unbranched alkanes of at least 4 members (excludes halogenated alkanes) is 39. The van der Waals surface area contributed by atoms with E-state index in [0.29, 0.717) is 19.3 Å². The van der Waals surface area contributed by atoms with Gasteiger partial charge >= 0.3 is 17.9 Å². The van der Waals surface area contributed by atoms with Gasteiger partial charge in [-0.2, -0.15) is 0 Å². The van der Waals surface area contributed by atoms with E-state index in [-0.39, 0.29) is 31.1 Å².